The number of fused-ring (bicyclic) bond motifs is 3. The van der Waals surface area contributed by atoms with Gasteiger partial charge in [-0.2, -0.15) is 13.2 Å². The second-order valence-corrected chi connectivity index (χ2v) is 5.03. The lowest BCUT2D eigenvalue weighted by Gasteiger charge is -2.44. The summed E-state index contributed by atoms with van der Waals surface area (Å²) in [4.78, 5) is 13.8. The summed E-state index contributed by atoms with van der Waals surface area (Å²) < 4.78 is 35.7. The number of carbonyl (C=O) groups excluding carboxylic acids is 1. The van der Waals surface area contributed by atoms with Gasteiger partial charge in [0.1, 0.15) is 0 Å². The third-order valence-electron chi connectivity index (χ3n) is 3.61. The van der Waals surface area contributed by atoms with Crippen molar-refractivity contribution in [2.24, 2.45) is 5.92 Å². The van der Waals surface area contributed by atoms with Gasteiger partial charge in [-0.15, -0.1) is 0 Å². The Bertz CT molecular complexity index is 300. The fourth-order valence-corrected chi connectivity index (χ4v) is 2.70. The Balaban J connectivity index is 1.68. The highest BCUT2D eigenvalue weighted by Gasteiger charge is 2.34. The number of alkyl halides is 3. The molecule has 0 aromatic carbocycles. The number of carbonyl (C=O) groups is 1. The van der Waals surface area contributed by atoms with Gasteiger partial charge in [0.15, 0.2) is 0 Å². The van der Waals surface area contributed by atoms with Gasteiger partial charge in [-0.25, -0.2) is 0 Å². The molecular weight excluding hydrogens is 247 g/mol. The summed E-state index contributed by atoms with van der Waals surface area (Å²) in [6.45, 7) is 1.58. The molecule has 0 aromatic heterocycles. The number of amides is 1. The van der Waals surface area contributed by atoms with E-state index in [2.05, 4.69) is 15.5 Å². The maximum atomic E-state index is 11.9. The van der Waals surface area contributed by atoms with Crippen molar-refractivity contribution in [2.75, 3.05) is 32.7 Å². The van der Waals surface area contributed by atoms with Crippen LogP contribution >= 0.6 is 0 Å². The number of nitrogens with one attached hydrogen (secondary N) is 2. The average molecular weight is 265 g/mol. The highest BCUT2D eigenvalue weighted by Crippen LogP contribution is 2.27. The summed E-state index contributed by atoms with van der Waals surface area (Å²) >= 11 is 0. The Kier molecular flexibility index (Phi) is 4.11. The van der Waals surface area contributed by atoms with Crippen molar-refractivity contribution in [3.63, 3.8) is 0 Å². The first-order chi connectivity index (χ1) is 8.44. The molecule has 2 bridgehead atoms. The van der Waals surface area contributed by atoms with Gasteiger partial charge in [0.25, 0.3) is 0 Å². The predicted octanol–water partition coefficient (Wildman–Crippen LogP) is 0.349. The Morgan fingerprint density at radius 1 is 1.28 bits per heavy atom. The normalized spacial score (nSPS) is 31.4. The summed E-state index contributed by atoms with van der Waals surface area (Å²) in [6, 6.07) is 0.104. The lowest BCUT2D eigenvalue weighted by molar-refractivity contribution is -0.129. The average Bonchev–Trinajstić information content (AvgIpc) is 2.28. The van der Waals surface area contributed by atoms with Crippen molar-refractivity contribution < 1.29 is 18.0 Å². The maximum Gasteiger partial charge on any atom is 0.401 e. The van der Waals surface area contributed by atoms with E-state index in [-0.39, 0.29) is 18.5 Å². The van der Waals surface area contributed by atoms with Gasteiger partial charge >= 0.3 is 6.18 Å². The van der Waals surface area contributed by atoms with Crippen LogP contribution < -0.4 is 10.6 Å². The summed E-state index contributed by atoms with van der Waals surface area (Å²) in [5, 5.41) is 4.93. The molecule has 3 aliphatic heterocycles. The molecule has 3 fully saturated rings. The zero-order valence-corrected chi connectivity index (χ0v) is 10.1. The Labute approximate surface area is 104 Å². The number of halogens is 3. The van der Waals surface area contributed by atoms with E-state index < -0.39 is 12.7 Å². The minimum atomic E-state index is -4.27. The monoisotopic (exact) mass is 265 g/mol. The van der Waals surface area contributed by atoms with Crippen molar-refractivity contribution >= 4 is 5.91 Å². The highest BCUT2D eigenvalue weighted by molar-refractivity contribution is 5.78. The summed E-state index contributed by atoms with van der Waals surface area (Å²) in [7, 11) is 0. The van der Waals surface area contributed by atoms with Gasteiger partial charge in [0.05, 0.1) is 13.1 Å². The van der Waals surface area contributed by atoms with Crippen molar-refractivity contribution in [1.82, 2.24) is 15.5 Å². The van der Waals surface area contributed by atoms with Crippen LogP contribution in [0.5, 0.6) is 0 Å². The molecule has 0 saturated carbocycles. The number of rotatable bonds is 4. The van der Waals surface area contributed by atoms with Crippen molar-refractivity contribution in [1.29, 1.82) is 0 Å². The zero-order valence-electron chi connectivity index (χ0n) is 10.1. The van der Waals surface area contributed by atoms with E-state index in [1.54, 1.807) is 0 Å². The van der Waals surface area contributed by atoms with Gasteiger partial charge < -0.3 is 15.5 Å². The van der Waals surface area contributed by atoms with Gasteiger partial charge in [-0.05, 0) is 31.8 Å². The summed E-state index contributed by atoms with van der Waals surface area (Å²) in [6.07, 6.45) is -2.13. The smallest absolute Gasteiger partial charge is 0.351 e. The molecule has 0 aromatic rings. The van der Waals surface area contributed by atoms with E-state index >= 15 is 0 Å². The minimum absolute atomic E-state index is 0.104. The Morgan fingerprint density at radius 3 is 2.44 bits per heavy atom. The zero-order chi connectivity index (χ0) is 13.2. The molecule has 7 heteroatoms. The summed E-state index contributed by atoms with van der Waals surface area (Å²) in [5.74, 6) is 0.138. The van der Waals surface area contributed by atoms with Crippen molar-refractivity contribution in [2.45, 2.75) is 25.1 Å². The van der Waals surface area contributed by atoms with Crippen LogP contribution in [-0.2, 0) is 4.79 Å². The molecular formula is C11H18F3N3O. The maximum absolute atomic E-state index is 11.9. The highest BCUT2D eigenvalue weighted by atomic mass is 19.4. The molecule has 3 saturated heterocycles. The first kappa shape index (κ1) is 13.6. The summed E-state index contributed by atoms with van der Waals surface area (Å²) in [5.41, 5.74) is 0. The van der Waals surface area contributed by atoms with Crippen LogP contribution in [-0.4, -0.2) is 55.7 Å². The molecule has 3 heterocycles. The van der Waals surface area contributed by atoms with E-state index in [1.807, 2.05) is 0 Å². The molecule has 3 aliphatic rings. The molecule has 1 amide bonds. The van der Waals surface area contributed by atoms with E-state index in [4.69, 9.17) is 0 Å². The number of hydrogen-bond donors (Lipinski definition) is 2. The van der Waals surface area contributed by atoms with Crippen molar-refractivity contribution in [3.05, 3.63) is 0 Å². The van der Waals surface area contributed by atoms with Crippen LogP contribution in [0.2, 0.25) is 0 Å². The molecule has 0 radical (unpaired) electrons. The van der Waals surface area contributed by atoms with Crippen LogP contribution in [0.15, 0.2) is 0 Å². The second kappa shape index (κ2) is 5.44. The molecule has 3 rings (SSSR count). The second-order valence-electron chi connectivity index (χ2n) is 5.03. The van der Waals surface area contributed by atoms with E-state index in [9.17, 15) is 18.0 Å². The fraction of sp³-hybridized carbons (Fsp3) is 0.909. The van der Waals surface area contributed by atoms with Crippen LogP contribution in [0, 0.1) is 5.92 Å². The standard InChI is InChI=1S/C11H18F3N3O/c12-11(13,14)7-15-5-10(18)16-9-6-17-3-1-8(9)2-4-17/h8-9,15H,1-7H2,(H,16,18). The quantitative estimate of drug-likeness (QED) is 0.771. The first-order valence-electron chi connectivity index (χ1n) is 6.23. The molecule has 0 aliphatic carbocycles. The minimum Gasteiger partial charge on any atom is -0.351 e. The van der Waals surface area contributed by atoms with Gasteiger partial charge in [-0.1, -0.05) is 0 Å². The molecule has 18 heavy (non-hydrogen) atoms. The van der Waals surface area contributed by atoms with Gasteiger partial charge in [-0.3, -0.25) is 4.79 Å². The third-order valence-corrected chi connectivity index (χ3v) is 3.61. The predicted molar refractivity (Wildman–Crippen MR) is 60.0 cm³/mol. The lowest BCUT2D eigenvalue weighted by Crippen LogP contribution is -2.58. The molecule has 1 atom stereocenters. The van der Waals surface area contributed by atoms with Crippen LogP contribution in [0.25, 0.3) is 0 Å². The van der Waals surface area contributed by atoms with Crippen molar-refractivity contribution in [3.8, 4) is 0 Å². The number of piperidine rings is 3. The van der Waals surface area contributed by atoms with E-state index in [0.717, 1.165) is 32.5 Å². The Morgan fingerprint density at radius 2 is 1.94 bits per heavy atom. The molecule has 104 valence electrons. The number of hydrogen-bond acceptors (Lipinski definition) is 3. The van der Waals surface area contributed by atoms with E-state index in [1.165, 1.54) is 0 Å². The SMILES string of the molecule is O=C(CNCC(F)(F)F)NC1CN2CCC1CC2. The topological polar surface area (TPSA) is 44.4 Å². The molecule has 1 unspecified atom stereocenters. The van der Waals surface area contributed by atoms with E-state index in [0.29, 0.717) is 5.92 Å². The van der Waals surface area contributed by atoms with Gasteiger partial charge in [0.2, 0.25) is 5.91 Å². The molecule has 0 spiro atoms. The Hall–Kier alpha value is -0.820. The lowest BCUT2D eigenvalue weighted by atomic mass is 9.84. The largest absolute Gasteiger partial charge is 0.401 e. The van der Waals surface area contributed by atoms with Gasteiger partial charge in [0, 0.05) is 12.6 Å². The van der Waals surface area contributed by atoms with Crippen LogP contribution in [0.3, 0.4) is 0 Å². The molecule has 4 nitrogen and oxygen atoms in total. The van der Waals surface area contributed by atoms with Crippen LogP contribution in [0.4, 0.5) is 13.2 Å². The third kappa shape index (κ3) is 3.84. The number of nitrogens with zero attached hydrogens (tertiary/aromatic N) is 1. The fourth-order valence-electron chi connectivity index (χ4n) is 2.70. The molecule has 2 N–H and O–H groups in total. The van der Waals surface area contributed by atoms with Crippen LogP contribution in [0.1, 0.15) is 12.8 Å². The first-order valence-corrected chi connectivity index (χ1v) is 6.23.